The van der Waals surface area contributed by atoms with Gasteiger partial charge in [-0.2, -0.15) is 5.10 Å². The third kappa shape index (κ3) is 3.96. The molecule has 2 aliphatic rings. The van der Waals surface area contributed by atoms with E-state index >= 15 is 0 Å². The highest BCUT2D eigenvalue weighted by molar-refractivity contribution is 5.80. The molecule has 0 aliphatic carbocycles. The monoisotopic (exact) mass is 419 g/mol. The van der Waals surface area contributed by atoms with E-state index in [9.17, 15) is 4.79 Å². The van der Waals surface area contributed by atoms with Crippen molar-refractivity contribution in [2.24, 2.45) is 5.92 Å². The first-order valence-corrected chi connectivity index (χ1v) is 11.3. The number of hydrogen-bond acceptors (Lipinski definition) is 5. The van der Waals surface area contributed by atoms with Crippen molar-refractivity contribution in [3.63, 3.8) is 0 Å². The second kappa shape index (κ2) is 8.57. The summed E-state index contributed by atoms with van der Waals surface area (Å²) >= 11 is 0. The van der Waals surface area contributed by atoms with Crippen molar-refractivity contribution in [1.82, 2.24) is 19.5 Å². The number of methoxy groups -OCH3 is 1. The molecule has 0 saturated carbocycles. The minimum absolute atomic E-state index is 0.145. The van der Waals surface area contributed by atoms with E-state index in [-0.39, 0.29) is 5.92 Å². The molecule has 2 fully saturated rings. The summed E-state index contributed by atoms with van der Waals surface area (Å²) in [5.41, 5.74) is 2.89. The maximum atomic E-state index is 12.9. The number of benzene rings is 1. The standard InChI is InChI=1S/C24H29N5O2/c1-31-20-7-5-6-19(16-20)21-17-22-23(25-10-15-29(22)26-21)27-13-8-18(9-14-27)24(30)28-11-3-2-4-12-28/h5-7,10,15-18H,2-4,8-9,11-14H2,1H3. The van der Waals surface area contributed by atoms with E-state index in [0.717, 1.165) is 80.2 Å². The van der Waals surface area contributed by atoms with Crippen LogP contribution in [0.2, 0.25) is 0 Å². The molecule has 0 unspecified atom stereocenters. The van der Waals surface area contributed by atoms with Crippen LogP contribution in [-0.4, -0.2) is 58.7 Å². The molecule has 1 amide bonds. The number of anilines is 1. The van der Waals surface area contributed by atoms with Gasteiger partial charge in [0.25, 0.3) is 0 Å². The van der Waals surface area contributed by atoms with Gasteiger partial charge < -0.3 is 14.5 Å². The van der Waals surface area contributed by atoms with Crippen molar-refractivity contribution < 1.29 is 9.53 Å². The molecule has 4 heterocycles. The molecule has 0 spiro atoms. The van der Waals surface area contributed by atoms with Gasteiger partial charge in [0.05, 0.1) is 12.8 Å². The van der Waals surface area contributed by atoms with Crippen molar-refractivity contribution in [2.45, 2.75) is 32.1 Å². The number of aromatic nitrogens is 3. The average molecular weight is 420 g/mol. The summed E-state index contributed by atoms with van der Waals surface area (Å²) in [6.07, 6.45) is 9.00. The maximum absolute atomic E-state index is 12.9. The molecule has 0 N–H and O–H groups in total. The van der Waals surface area contributed by atoms with Crippen LogP contribution in [0, 0.1) is 5.92 Å². The number of amides is 1. The molecule has 162 valence electrons. The number of piperidine rings is 2. The number of fused-ring (bicyclic) bond motifs is 1. The molecule has 2 aromatic heterocycles. The lowest BCUT2D eigenvalue weighted by atomic mass is 9.94. The predicted molar refractivity (Wildman–Crippen MR) is 120 cm³/mol. The topological polar surface area (TPSA) is 63.0 Å². The molecule has 2 saturated heterocycles. The van der Waals surface area contributed by atoms with Gasteiger partial charge in [0.2, 0.25) is 5.91 Å². The normalized spacial score (nSPS) is 17.8. The Hall–Kier alpha value is -3.09. The van der Waals surface area contributed by atoms with E-state index in [2.05, 4.69) is 20.9 Å². The van der Waals surface area contributed by atoms with Crippen molar-refractivity contribution in [3.05, 3.63) is 42.7 Å². The minimum atomic E-state index is 0.145. The highest BCUT2D eigenvalue weighted by atomic mass is 16.5. The van der Waals surface area contributed by atoms with Gasteiger partial charge in [0, 0.05) is 50.1 Å². The Morgan fingerprint density at radius 2 is 1.87 bits per heavy atom. The molecule has 1 aromatic carbocycles. The first-order valence-electron chi connectivity index (χ1n) is 11.3. The molecule has 5 rings (SSSR count). The molecule has 0 radical (unpaired) electrons. The van der Waals surface area contributed by atoms with Gasteiger partial charge in [0.15, 0.2) is 5.82 Å². The summed E-state index contributed by atoms with van der Waals surface area (Å²) in [4.78, 5) is 21.9. The summed E-state index contributed by atoms with van der Waals surface area (Å²) in [6.45, 7) is 3.55. The summed E-state index contributed by atoms with van der Waals surface area (Å²) in [5.74, 6) is 2.25. The third-order valence-corrected chi connectivity index (χ3v) is 6.55. The van der Waals surface area contributed by atoms with E-state index in [4.69, 9.17) is 9.84 Å². The van der Waals surface area contributed by atoms with E-state index < -0.39 is 0 Å². The van der Waals surface area contributed by atoms with Crippen molar-refractivity contribution in [3.8, 4) is 17.0 Å². The Balaban J connectivity index is 1.34. The molecule has 7 nitrogen and oxygen atoms in total. The lowest BCUT2D eigenvalue weighted by molar-refractivity contribution is -0.137. The summed E-state index contributed by atoms with van der Waals surface area (Å²) < 4.78 is 7.25. The number of carbonyl (C=O) groups excluding carboxylic acids is 1. The minimum Gasteiger partial charge on any atom is -0.497 e. The Kier molecular flexibility index (Phi) is 5.49. The summed E-state index contributed by atoms with van der Waals surface area (Å²) in [6, 6.07) is 10.0. The number of hydrogen-bond donors (Lipinski definition) is 0. The van der Waals surface area contributed by atoms with E-state index in [0.29, 0.717) is 5.91 Å². The van der Waals surface area contributed by atoms with Crippen LogP contribution in [0.4, 0.5) is 5.82 Å². The zero-order chi connectivity index (χ0) is 21.2. The van der Waals surface area contributed by atoms with Gasteiger partial charge >= 0.3 is 0 Å². The van der Waals surface area contributed by atoms with Gasteiger partial charge in [-0.15, -0.1) is 0 Å². The molecule has 7 heteroatoms. The van der Waals surface area contributed by atoms with Crippen LogP contribution in [0.3, 0.4) is 0 Å². The van der Waals surface area contributed by atoms with Crippen molar-refractivity contribution >= 4 is 17.2 Å². The molecule has 0 atom stereocenters. The summed E-state index contributed by atoms with van der Waals surface area (Å²) in [5, 5.41) is 4.75. The zero-order valence-electron chi connectivity index (χ0n) is 18.0. The Morgan fingerprint density at radius 3 is 2.65 bits per heavy atom. The van der Waals surface area contributed by atoms with Gasteiger partial charge in [-0.1, -0.05) is 12.1 Å². The van der Waals surface area contributed by atoms with Crippen LogP contribution < -0.4 is 9.64 Å². The highest BCUT2D eigenvalue weighted by Crippen LogP contribution is 2.30. The fraction of sp³-hybridized carbons (Fsp3) is 0.458. The van der Waals surface area contributed by atoms with Gasteiger partial charge in [-0.25, -0.2) is 9.50 Å². The second-order valence-corrected chi connectivity index (χ2v) is 8.49. The van der Waals surface area contributed by atoms with Gasteiger partial charge in [-0.3, -0.25) is 4.79 Å². The molecular weight excluding hydrogens is 390 g/mol. The smallest absolute Gasteiger partial charge is 0.225 e. The Labute approximate surface area is 182 Å². The number of likely N-dealkylation sites (tertiary alicyclic amines) is 1. The number of carbonyl (C=O) groups is 1. The first-order chi connectivity index (χ1) is 15.2. The second-order valence-electron chi connectivity index (χ2n) is 8.49. The van der Waals surface area contributed by atoms with Gasteiger partial charge in [0.1, 0.15) is 11.3 Å². The van der Waals surface area contributed by atoms with Crippen LogP contribution in [0.1, 0.15) is 32.1 Å². The lowest BCUT2D eigenvalue weighted by Gasteiger charge is -2.36. The number of rotatable bonds is 4. The van der Waals surface area contributed by atoms with Crippen LogP contribution in [0.5, 0.6) is 5.75 Å². The fourth-order valence-electron chi connectivity index (χ4n) is 4.79. The van der Waals surface area contributed by atoms with Crippen molar-refractivity contribution in [1.29, 1.82) is 0 Å². The quantitative estimate of drug-likeness (QED) is 0.646. The predicted octanol–water partition coefficient (Wildman–Crippen LogP) is 3.63. The van der Waals surface area contributed by atoms with Crippen LogP contribution in [0.15, 0.2) is 42.7 Å². The lowest BCUT2D eigenvalue weighted by Crippen LogP contribution is -2.44. The fourth-order valence-corrected chi connectivity index (χ4v) is 4.79. The largest absolute Gasteiger partial charge is 0.497 e. The first kappa shape index (κ1) is 19.8. The molecule has 2 aliphatic heterocycles. The Morgan fingerprint density at radius 1 is 1.06 bits per heavy atom. The van der Waals surface area contributed by atoms with Crippen LogP contribution >= 0.6 is 0 Å². The van der Waals surface area contributed by atoms with Gasteiger partial charge in [-0.05, 0) is 50.3 Å². The summed E-state index contributed by atoms with van der Waals surface area (Å²) in [7, 11) is 1.67. The van der Waals surface area contributed by atoms with Crippen LogP contribution in [0.25, 0.3) is 16.8 Å². The molecule has 3 aromatic rings. The molecule has 0 bridgehead atoms. The van der Waals surface area contributed by atoms with E-state index in [1.54, 1.807) is 13.3 Å². The SMILES string of the molecule is COc1cccc(-c2cc3c(N4CCC(C(=O)N5CCCCC5)CC4)nccn3n2)c1. The van der Waals surface area contributed by atoms with E-state index in [1.165, 1.54) is 6.42 Å². The van der Waals surface area contributed by atoms with E-state index in [1.807, 2.05) is 35.0 Å². The highest BCUT2D eigenvalue weighted by Gasteiger charge is 2.30. The maximum Gasteiger partial charge on any atom is 0.225 e. The average Bonchev–Trinajstić information content (AvgIpc) is 3.29. The number of ether oxygens (including phenoxy) is 1. The molecular formula is C24H29N5O2. The van der Waals surface area contributed by atoms with Crippen LogP contribution in [-0.2, 0) is 4.79 Å². The Bertz CT molecular complexity index is 1060. The molecule has 31 heavy (non-hydrogen) atoms. The zero-order valence-corrected chi connectivity index (χ0v) is 18.0. The third-order valence-electron chi connectivity index (χ3n) is 6.55. The number of nitrogens with zero attached hydrogens (tertiary/aromatic N) is 5. The van der Waals surface area contributed by atoms with Crippen molar-refractivity contribution in [2.75, 3.05) is 38.2 Å².